The van der Waals surface area contributed by atoms with Gasteiger partial charge in [0.05, 0.1) is 7.11 Å². The quantitative estimate of drug-likeness (QED) is 0.556. The van der Waals surface area contributed by atoms with E-state index in [4.69, 9.17) is 9.47 Å². The van der Waals surface area contributed by atoms with Crippen LogP contribution in [0.2, 0.25) is 0 Å². The maximum Gasteiger partial charge on any atom is 0.164 e. The highest BCUT2D eigenvalue weighted by molar-refractivity contribution is 5.79. The molecule has 0 saturated carbocycles. The molecule has 0 aliphatic carbocycles. The van der Waals surface area contributed by atoms with Crippen molar-refractivity contribution in [2.75, 3.05) is 7.11 Å². The molecule has 0 atom stereocenters. The molecule has 0 fully saturated rings. The van der Waals surface area contributed by atoms with Gasteiger partial charge in [-0.3, -0.25) is 4.98 Å². The lowest BCUT2D eigenvalue weighted by Crippen LogP contribution is -2.01. The number of H-pyrrole nitrogens is 1. The molecule has 1 aromatic carbocycles. The minimum absolute atomic E-state index is 0.312. The second-order valence-electron chi connectivity index (χ2n) is 6.13. The molecule has 0 unspecified atom stereocenters. The van der Waals surface area contributed by atoms with Crippen LogP contribution in [0.25, 0.3) is 11.0 Å². The Kier molecular flexibility index (Phi) is 4.70. The molecule has 1 N–H and O–H groups in total. The molecule has 3 heterocycles. The Morgan fingerprint density at radius 3 is 2.67 bits per heavy atom. The molecule has 0 aliphatic rings. The van der Waals surface area contributed by atoms with Gasteiger partial charge < -0.3 is 14.5 Å². The third kappa shape index (κ3) is 3.60. The summed E-state index contributed by atoms with van der Waals surface area (Å²) in [4.78, 5) is 11.3. The summed E-state index contributed by atoms with van der Waals surface area (Å²) in [6, 6.07) is 10.6. The third-order valence-corrected chi connectivity index (χ3v) is 4.41. The number of ether oxygens (including phenoxy) is 2. The largest absolute Gasteiger partial charge is 0.493 e. The van der Waals surface area contributed by atoms with Crippen molar-refractivity contribution in [3.63, 3.8) is 0 Å². The van der Waals surface area contributed by atoms with Crippen molar-refractivity contribution in [1.82, 2.24) is 15.0 Å². The van der Waals surface area contributed by atoms with Gasteiger partial charge in [0.1, 0.15) is 18.1 Å². The summed E-state index contributed by atoms with van der Waals surface area (Å²) in [6.07, 6.45) is 7.36. The Hall–Kier alpha value is -3.41. The standard InChI is InChI=1S/C21H18FN3O2/c1-26-19-11-16(10-15-4-8-24-21-17(15)5-9-25-21)18(22)12-20(19)27-13-14-2-6-23-7-3-14/h2-9,11-12H,10,13H2,1H3,(H,24,25). The zero-order chi connectivity index (χ0) is 18.6. The van der Waals surface area contributed by atoms with Gasteiger partial charge in [0, 0.05) is 42.7 Å². The van der Waals surface area contributed by atoms with E-state index in [0.29, 0.717) is 30.1 Å². The smallest absolute Gasteiger partial charge is 0.164 e. The van der Waals surface area contributed by atoms with E-state index in [1.807, 2.05) is 30.5 Å². The Balaban J connectivity index is 1.60. The van der Waals surface area contributed by atoms with Crippen molar-refractivity contribution in [3.8, 4) is 11.5 Å². The number of fused-ring (bicyclic) bond motifs is 1. The zero-order valence-corrected chi connectivity index (χ0v) is 14.8. The van der Waals surface area contributed by atoms with Crippen LogP contribution in [0.1, 0.15) is 16.7 Å². The SMILES string of the molecule is COc1cc(Cc2ccnc3[nH]ccc23)c(F)cc1OCc1ccncc1. The highest BCUT2D eigenvalue weighted by Gasteiger charge is 2.14. The van der Waals surface area contributed by atoms with Crippen LogP contribution < -0.4 is 9.47 Å². The van der Waals surface area contributed by atoms with E-state index < -0.39 is 0 Å². The van der Waals surface area contributed by atoms with Crippen LogP contribution in [0, 0.1) is 5.82 Å². The van der Waals surface area contributed by atoms with Crippen LogP contribution in [0.3, 0.4) is 0 Å². The fourth-order valence-electron chi connectivity index (χ4n) is 3.00. The Labute approximate surface area is 155 Å². The summed E-state index contributed by atoms with van der Waals surface area (Å²) in [7, 11) is 1.55. The topological polar surface area (TPSA) is 60.0 Å². The lowest BCUT2D eigenvalue weighted by Gasteiger charge is -2.13. The van der Waals surface area contributed by atoms with Crippen molar-refractivity contribution < 1.29 is 13.9 Å². The monoisotopic (exact) mass is 363 g/mol. The van der Waals surface area contributed by atoms with Crippen LogP contribution in [0.15, 0.2) is 61.2 Å². The first-order valence-electron chi connectivity index (χ1n) is 8.53. The number of halogens is 1. The highest BCUT2D eigenvalue weighted by Crippen LogP contribution is 2.32. The van der Waals surface area contributed by atoms with Gasteiger partial charge in [-0.1, -0.05) is 0 Å². The molecule has 27 heavy (non-hydrogen) atoms. The Morgan fingerprint density at radius 2 is 1.85 bits per heavy atom. The molecule has 4 aromatic rings. The minimum atomic E-state index is -0.332. The molecular formula is C21H18FN3O2. The van der Waals surface area contributed by atoms with Gasteiger partial charge in [-0.25, -0.2) is 9.37 Å². The van der Waals surface area contributed by atoms with Crippen molar-refractivity contribution in [3.05, 3.63) is 83.7 Å². The third-order valence-electron chi connectivity index (χ3n) is 4.41. The molecule has 0 spiro atoms. The van der Waals surface area contributed by atoms with Crippen molar-refractivity contribution in [2.24, 2.45) is 0 Å². The number of aromatic nitrogens is 3. The predicted molar refractivity (Wildman–Crippen MR) is 100 cm³/mol. The van der Waals surface area contributed by atoms with Crippen molar-refractivity contribution in [2.45, 2.75) is 13.0 Å². The van der Waals surface area contributed by atoms with Crippen LogP contribution in [-0.4, -0.2) is 22.1 Å². The van der Waals surface area contributed by atoms with Crippen molar-refractivity contribution >= 4 is 11.0 Å². The molecule has 4 rings (SSSR count). The van der Waals surface area contributed by atoms with Crippen molar-refractivity contribution in [1.29, 1.82) is 0 Å². The maximum absolute atomic E-state index is 14.7. The lowest BCUT2D eigenvalue weighted by molar-refractivity contribution is 0.282. The molecule has 0 bridgehead atoms. The number of methoxy groups -OCH3 is 1. The summed E-state index contributed by atoms with van der Waals surface area (Å²) < 4.78 is 25.9. The number of rotatable bonds is 6. The second kappa shape index (κ2) is 7.45. The van der Waals surface area contributed by atoms with E-state index in [0.717, 1.165) is 22.2 Å². The summed E-state index contributed by atoms with van der Waals surface area (Å²) in [5.74, 6) is 0.540. The Bertz CT molecular complexity index is 1060. The molecule has 0 saturated heterocycles. The highest BCUT2D eigenvalue weighted by atomic mass is 19.1. The van der Waals surface area contributed by atoms with Gasteiger partial charge in [0.2, 0.25) is 0 Å². The van der Waals surface area contributed by atoms with Crippen LogP contribution in [0.5, 0.6) is 11.5 Å². The molecule has 6 heteroatoms. The molecule has 0 amide bonds. The fourth-order valence-corrected chi connectivity index (χ4v) is 3.00. The molecule has 0 aliphatic heterocycles. The van der Waals surface area contributed by atoms with Gasteiger partial charge in [-0.15, -0.1) is 0 Å². The Morgan fingerprint density at radius 1 is 1.00 bits per heavy atom. The first-order valence-corrected chi connectivity index (χ1v) is 8.53. The van der Waals surface area contributed by atoms with Gasteiger partial charge in [0.15, 0.2) is 11.5 Å². The molecule has 136 valence electrons. The van der Waals surface area contributed by atoms with E-state index in [2.05, 4.69) is 15.0 Å². The van der Waals surface area contributed by atoms with Crippen LogP contribution in [-0.2, 0) is 13.0 Å². The minimum Gasteiger partial charge on any atom is -0.493 e. The normalized spacial score (nSPS) is 10.9. The summed E-state index contributed by atoms with van der Waals surface area (Å²) in [6.45, 7) is 0.312. The number of nitrogens with one attached hydrogen (secondary N) is 1. The van der Waals surface area contributed by atoms with Crippen LogP contribution >= 0.6 is 0 Å². The maximum atomic E-state index is 14.7. The lowest BCUT2D eigenvalue weighted by atomic mass is 10.0. The molecule has 3 aromatic heterocycles. The average Bonchev–Trinajstić information content (AvgIpc) is 3.18. The summed E-state index contributed by atoms with van der Waals surface area (Å²) in [5.41, 5.74) is 3.27. The van der Waals surface area contributed by atoms with E-state index >= 15 is 0 Å². The number of hydrogen-bond donors (Lipinski definition) is 1. The van der Waals surface area contributed by atoms with E-state index in [1.54, 1.807) is 31.8 Å². The predicted octanol–water partition coefficient (Wildman–Crippen LogP) is 4.28. The number of nitrogens with zero attached hydrogens (tertiary/aromatic N) is 2. The van der Waals surface area contributed by atoms with Crippen LogP contribution in [0.4, 0.5) is 4.39 Å². The first kappa shape index (κ1) is 17.0. The fraction of sp³-hybridized carbons (Fsp3) is 0.143. The second-order valence-corrected chi connectivity index (χ2v) is 6.13. The van der Waals surface area contributed by atoms with Gasteiger partial charge >= 0.3 is 0 Å². The number of pyridine rings is 2. The van der Waals surface area contributed by atoms with E-state index in [1.165, 1.54) is 6.07 Å². The van der Waals surface area contributed by atoms with E-state index in [9.17, 15) is 4.39 Å². The van der Waals surface area contributed by atoms with Gasteiger partial charge in [-0.2, -0.15) is 0 Å². The number of benzene rings is 1. The van der Waals surface area contributed by atoms with Gasteiger partial charge in [0.25, 0.3) is 0 Å². The first-order chi connectivity index (χ1) is 13.2. The van der Waals surface area contributed by atoms with Gasteiger partial charge in [-0.05, 0) is 47.0 Å². The number of hydrogen-bond acceptors (Lipinski definition) is 4. The number of aromatic amines is 1. The molecule has 0 radical (unpaired) electrons. The zero-order valence-electron chi connectivity index (χ0n) is 14.8. The summed E-state index contributed by atoms with van der Waals surface area (Å²) >= 11 is 0. The summed E-state index contributed by atoms with van der Waals surface area (Å²) in [5, 5.41) is 0.980. The molecular weight excluding hydrogens is 345 g/mol. The average molecular weight is 363 g/mol. The van der Waals surface area contributed by atoms with E-state index in [-0.39, 0.29) is 5.82 Å². The molecule has 5 nitrogen and oxygen atoms in total.